The highest BCUT2D eigenvalue weighted by Gasteiger charge is 2.32. The highest BCUT2D eigenvalue weighted by molar-refractivity contribution is 5.36. The van der Waals surface area contributed by atoms with Gasteiger partial charge in [0.05, 0.1) is 6.61 Å². The van der Waals surface area contributed by atoms with Crippen LogP contribution in [0.5, 0.6) is 5.75 Å². The van der Waals surface area contributed by atoms with Gasteiger partial charge in [0.2, 0.25) is 0 Å². The van der Waals surface area contributed by atoms with Crippen molar-refractivity contribution >= 4 is 0 Å². The molecule has 2 rings (SSSR count). The van der Waals surface area contributed by atoms with Gasteiger partial charge in [-0.25, -0.2) is 0 Å². The molecule has 0 amide bonds. The van der Waals surface area contributed by atoms with Crippen LogP contribution in [-0.4, -0.2) is 27.4 Å². The first-order valence-electron chi connectivity index (χ1n) is 7.65. The average molecular weight is 277 g/mol. The topological polar surface area (TPSA) is 30.5 Å². The molecule has 0 saturated heterocycles. The van der Waals surface area contributed by atoms with E-state index in [4.69, 9.17) is 9.47 Å². The van der Waals surface area contributed by atoms with Crippen LogP contribution >= 0.6 is 0 Å². The van der Waals surface area contributed by atoms with Gasteiger partial charge >= 0.3 is 0 Å². The molecule has 0 aromatic heterocycles. The van der Waals surface area contributed by atoms with Crippen molar-refractivity contribution in [2.75, 3.05) is 27.4 Å². The van der Waals surface area contributed by atoms with Crippen LogP contribution in [0.3, 0.4) is 0 Å². The molecule has 1 fully saturated rings. The van der Waals surface area contributed by atoms with Crippen LogP contribution in [0.4, 0.5) is 0 Å². The second-order valence-corrected chi connectivity index (χ2v) is 5.72. The van der Waals surface area contributed by atoms with E-state index in [0.717, 1.165) is 11.7 Å². The summed E-state index contributed by atoms with van der Waals surface area (Å²) in [5.74, 6) is 2.47. The van der Waals surface area contributed by atoms with Crippen molar-refractivity contribution < 1.29 is 9.47 Å². The third-order valence-corrected chi connectivity index (χ3v) is 4.47. The highest BCUT2D eigenvalue weighted by atomic mass is 16.5. The molecule has 112 valence electrons. The first-order chi connectivity index (χ1) is 9.77. The minimum atomic E-state index is 0.381. The van der Waals surface area contributed by atoms with Gasteiger partial charge in [-0.2, -0.15) is 0 Å². The molecule has 20 heavy (non-hydrogen) atoms. The lowest BCUT2D eigenvalue weighted by Crippen LogP contribution is -2.27. The number of nitrogens with one attached hydrogen (secondary N) is 1. The molecule has 1 saturated carbocycles. The second-order valence-electron chi connectivity index (χ2n) is 5.72. The fourth-order valence-electron chi connectivity index (χ4n) is 3.37. The van der Waals surface area contributed by atoms with Crippen molar-refractivity contribution in [1.29, 1.82) is 0 Å². The summed E-state index contributed by atoms with van der Waals surface area (Å²) in [4.78, 5) is 0. The van der Waals surface area contributed by atoms with Gasteiger partial charge in [0, 0.05) is 18.7 Å². The molecule has 1 N–H and O–H groups in total. The maximum absolute atomic E-state index is 5.89. The Kier molecular flexibility index (Phi) is 5.86. The normalized spacial score (nSPS) is 23.8. The number of rotatable bonds is 7. The number of para-hydroxylation sites is 1. The van der Waals surface area contributed by atoms with E-state index in [0.29, 0.717) is 25.2 Å². The third kappa shape index (κ3) is 3.53. The van der Waals surface area contributed by atoms with E-state index < -0.39 is 0 Å². The summed E-state index contributed by atoms with van der Waals surface area (Å²) in [6.07, 6.45) is 3.99. The van der Waals surface area contributed by atoms with Crippen LogP contribution in [0.15, 0.2) is 24.3 Å². The van der Waals surface area contributed by atoms with Crippen molar-refractivity contribution in [2.24, 2.45) is 11.8 Å². The number of methoxy groups -OCH3 is 1. The van der Waals surface area contributed by atoms with E-state index in [9.17, 15) is 0 Å². The lowest BCUT2D eigenvalue weighted by molar-refractivity contribution is 0.144. The first kappa shape index (κ1) is 15.3. The number of hydrogen-bond acceptors (Lipinski definition) is 3. The number of ether oxygens (including phenoxy) is 2. The van der Waals surface area contributed by atoms with Gasteiger partial charge < -0.3 is 14.8 Å². The van der Waals surface area contributed by atoms with Crippen molar-refractivity contribution in [3.8, 4) is 5.75 Å². The summed E-state index contributed by atoms with van der Waals surface area (Å²) in [6.45, 7) is 3.60. The molecule has 1 aromatic carbocycles. The van der Waals surface area contributed by atoms with Crippen LogP contribution in [0, 0.1) is 11.8 Å². The van der Waals surface area contributed by atoms with Crippen molar-refractivity contribution in [3.05, 3.63) is 29.8 Å². The maximum atomic E-state index is 5.89. The number of benzene rings is 1. The molecule has 3 nitrogen and oxygen atoms in total. The zero-order valence-corrected chi connectivity index (χ0v) is 12.9. The SMILES string of the molecule is CNC(c1ccccc1OCCOC)C1CCCC1C. The van der Waals surface area contributed by atoms with E-state index in [1.165, 1.54) is 24.8 Å². The minimum absolute atomic E-state index is 0.381. The Morgan fingerprint density at radius 2 is 2.05 bits per heavy atom. The lowest BCUT2D eigenvalue weighted by Gasteiger charge is -2.28. The predicted molar refractivity (Wildman–Crippen MR) is 82.1 cm³/mol. The zero-order valence-electron chi connectivity index (χ0n) is 12.9. The van der Waals surface area contributed by atoms with Crippen LogP contribution in [0.2, 0.25) is 0 Å². The van der Waals surface area contributed by atoms with E-state index in [-0.39, 0.29) is 0 Å². The number of hydrogen-bond donors (Lipinski definition) is 1. The second kappa shape index (κ2) is 7.65. The molecule has 0 bridgehead atoms. The van der Waals surface area contributed by atoms with E-state index in [1.807, 2.05) is 6.07 Å². The largest absolute Gasteiger partial charge is 0.491 e. The van der Waals surface area contributed by atoms with Gasteiger partial charge in [-0.05, 0) is 31.4 Å². The molecule has 0 aliphatic heterocycles. The molecule has 3 atom stereocenters. The maximum Gasteiger partial charge on any atom is 0.124 e. The summed E-state index contributed by atoms with van der Waals surface area (Å²) in [5, 5.41) is 3.51. The summed E-state index contributed by atoms with van der Waals surface area (Å²) in [6, 6.07) is 8.77. The van der Waals surface area contributed by atoms with Crippen molar-refractivity contribution in [2.45, 2.75) is 32.2 Å². The van der Waals surface area contributed by atoms with Gasteiger partial charge in [-0.1, -0.05) is 38.0 Å². The van der Waals surface area contributed by atoms with Gasteiger partial charge in [0.15, 0.2) is 0 Å². The standard InChI is InChI=1S/C17H27NO2/c1-13-7-6-9-14(13)17(18-2)15-8-4-5-10-16(15)20-12-11-19-3/h4-5,8,10,13-14,17-18H,6-7,9,11-12H2,1-3H3. The summed E-state index contributed by atoms with van der Waals surface area (Å²) in [7, 11) is 3.76. The molecule has 1 aliphatic carbocycles. The molecule has 1 aliphatic rings. The first-order valence-corrected chi connectivity index (χ1v) is 7.65. The molecular weight excluding hydrogens is 250 g/mol. The van der Waals surface area contributed by atoms with E-state index in [1.54, 1.807) is 7.11 Å². The van der Waals surface area contributed by atoms with Crippen LogP contribution in [0.25, 0.3) is 0 Å². The van der Waals surface area contributed by atoms with E-state index >= 15 is 0 Å². The third-order valence-electron chi connectivity index (χ3n) is 4.47. The molecular formula is C17H27NO2. The molecule has 0 heterocycles. The minimum Gasteiger partial charge on any atom is -0.491 e. The van der Waals surface area contributed by atoms with Crippen molar-refractivity contribution in [3.63, 3.8) is 0 Å². The highest BCUT2D eigenvalue weighted by Crippen LogP contribution is 2.42. The smallest absolute Gasteiger partial charge is 0.124 e. The lowest BCUT2D eigenvalue weighted by atomic mass is 9.85. The fraction of sp³-hybridized carbons (Fsp3) is 0.647. The Hall–Kier alpha value is -1.06. The van der Waals surface area contributed by atoms with E-state index in [2.05, 4.69) is 37.5 Å². The van der Waals surface area contributed by atoms with Gasteiger partial charge in [-0.15, -0.1) is 0 Å². The molecule has 1 aromatic rings. The Labute approximate surface area is 122 Å². The van der Waals surface area contributed by atoms with Crippen molar-refractivity contribution in [1.82, 2.24) is 5.32 Å². The average Bonchev–Trinajstić information content (AvgIpc) is 2.88. The Morgan fingerprint density at radius 1 is 1.25 bits per heavy atom. The monoisotopic (exact) mass is 277 g/mol. The predicted octanol–water partition coefficient (Wildman–Crippen LogP) is 3.41. The molecule has 3 heteroatoms. The zero-order chi connectivity index (χ0) is 14.4. The quantitative estimate of drug-likeness (QED) is 0.775. The van der Waals surface area contributed by atoms with Crippen LogP contribution in [0.1, 0.15) is 37.8 Å². The molecule has 3 unspecified atom stereocenters. The van der Waals surface area contributed by atoms with Gasteiger partial charge in [0.25, 0.3) is 0 Å². The summed E-state index contributed by atoms with van der Waals surface area (Å²) < 4.78 is 11.0. The molecule has 0 radical (unpaired) electrons. The summed E-state index contributed by atoms with van der Waals surface area (Å²) in [5.41, 5.74) is 1.28. The van der Waals surface area contributed by atoms with Crippen LogP contribution < -0.4 is 10.1 Å². The Bertz CT molecular complexity index is 408. The summed E-state index contributed by atoms with van der Waals surface area (Å²) >= 11 is 0. The Balaban J connectivity index is 2.16. The van der Waals surface area contributed by atoms with Crippen LogP contribution in [-0.2, 0) is 4.74 Å². The van der Waals surface area contributed by atoms with Gasteiger partial charge in [0.1, 0.15) is 12.4 Å². The molecule has 0 spiro atoms. The Morgan fingerprint density at radius 3 is 2.70 bits per heavy atom. The van der Waals surface area contributed by atoms with Gasteiger partial charge in [-0.3, -0.25) is 0 Å². The fourth-order valence-corrected chi connectivity index (χ4v) is 3.37.